The summed E-state index contributed by atoms with van der Waals surface area (Å²) in [7, 11) is -1.38. The molecule has 0 aromatic carbocycles. The summed E-state index contributed by atoms with van der Waals surface area (Å²) in [4.78, 5) is 0. The molecule has 0 N–H and O–H groups in total. The Labute approximate surface area is 164 Å². The topological polar surface area (TPSA) is 47.6 Å². The molecule has 26 heavy (non-hydrogen) atoms. The SMILES string of the molecule is C=CC[PH](CCCC#N)(CCCC#N)CCCCCCCCCCCC. The van der Waals surface area contributed by atoms with Crippen LogP contribution in [0.4, 0.5) is 0 Å². The van der Waals surface area contributed by atoms with Crippen molar-refractivity contribution in [1.29, 1.82) is 10.5 Å². The Kier molecular flexibility index (Phi) is 18.3. The van der Waals surface area contributed by atoms with Gasteiger partial charge in [0, 0.05) is 0 Å². The third-order valence-corrected chi connectivity index (χ3v) is 11.0. The van der Waals surface area contributed by atoms with E-state index in [0.717, 1.165) is 12.8 Å². The van der Waals surface area contributed by atoms with Crippen molar-refractivity contribution in [1.82, 2.24) is 0 Å². The number of hydrogen-bond donors (Lipinski definition) is 0. The number of hydrogen-bond acceptors (Lipinski definition) is 2. The van der Waals surface area contributed by atoms with Gasteiger partial charge in [-0.2, -0.15) is 0 Å². The van der Waals surface area contributed by atoms with Gasteiger partial charge in [0.25, 0.3) is 0 Å². The summed E-state index contributed by atoms with van der Waals surface area (Å²) in [6.07, 6.45) is 24.4. The zero-order valence-electron chi connectivity index (χ0n) is 17.4. The van der Waals surface area contributed by atoms with Crippen LogP contribution >= 0.6 is 7.26 Å². The molecule has 0 heterocycles. The first-order valence-electron chi connectivity index (χ1n) is 11.1. The van der Waals surface area contributed by atoms with Crippen LogP contribution in [-0.2, 0) is 0 Å². The van der Waals surface area contributed by atoms with Crippen molar-refractivity contribution < 1.29 is 0 Å². The Morgan fingerprint density at radius 2 is 1.12 bits per heavy atom. The summed E-state index contributed by atoms with van der Waals surface area (Å²) in [5.41, 5.74) is 0. The molecule has 0 aliphatic carbocycles. The van der Waals surface area contributed by atoms with Gasteiger partial charge < -0.3 is 0 Å². The van der Waals surface area contributed by atoms with Gasteiger partial charge in [-0.3, -0.25) is 0 Å². The second-order valence-electron chi connectivity index (χ2n) is 7.95. The summed E-state index contributed by atoms with van der Waals surface area (Å²) in [5.74, 6) is 0. The summed E-state index contributed by atoms with van der Waals surface area (Å²) < 4.78 is 0. The molecule has 0 saturated carbocycles. The van der Waals surface area contributed by atoms with Crippen molar-refractivity contribution in [3.63, 3.8) is 0 Å². The Balaban J connectivity index is 4.12. The van der Waals surface area contributed by atoms with E-state index in [4.69, 9.17) is 10.5 Å². The first-order chi connectivity index (χ1) is 12.7. The first kappa shape index (κ1) is 25.1. The fourth-order valence-electron chi connectivity index (χ4n) is 4.06. The molecule has 0 saturated heterocycles. The number of allylic oxidation sites excluding steroid dienone is 1. The standard InChI is InChI=1S/C23H43N2P/c1-3-5-6-7-8-9-10-11-12-15-21-26(20-4-2,22-16-13-18-24)23-17-14-19-25/h4,26H,2-3,5-17,20-23H2,1H3. The van der Waals surface area contributed by atoms with Gasteiger partial charge in [-0.25, -0.2) is 0 Å². The normalized spacial score (nSPS) is 11.7. The molecule has 0 atom stereocenters. The molecule has 3 heteroatoms. The predicted octanol–water partition coefficient (Wildman–Crippen LogP) is 7.45. The van der Waals surface area contributed by atoms with E-state index in [1.165, 1.54) is 88.9 Å². The number of unbranched alkanes of at least 4 members (excludes halogenated alkanes) is 11. The van der Waals surface area contributed by atoms with Gasteiger partial charge in [0.05, 0.1) is 0 Å². The molecule has 0 aromatic rings. The first-order valence-corrected chi connectivity index (χ1v) is 13.9. The van der Waals surface area contributed by atoms with Crippen molar-refractivity contribution in [3.8, 4) is 12.1 Å². The molecular weight excluding hydrogens is 335 g/mol. The van der Waals surface area contributed by atoms with E-state index in [2.05, 4.69) is 31.7 Å². The molecule has 0 fully saturated rings. The number of nitriles is 2. The van der Waals surface area contributed by atoms with Gasteiger partial charge in [-0.15, -0.1) is 0 Å². The molecule has 0 aliphatic heterocycles. The number of nitrogens with zero attached hydrogens (tertiary/aromatic N) is 2. The Hall–Kier alpha value is -0.850. The van der Waals surface area contributed by atoms with Crippen LogP contribution in [-0.4, -0.2) is 24.6 Å². The Morgan fingerprint density at radius 3 is 1.54 bits per heavy atom. The van der Waals surface area contributed by atoms with Crippen molar-refractivity contribution in [2.45, 2.75) is 96.8 Å². The van der Waals surface area contributed by atoms with Crippen LogP contribution in [0.15, 0.2) is 12.7 Å². The summed E-state index contributed by atoms with van der Waals surface area (Å²) in [6.45, 7) is 6.28. The fourth-order valence-corrected chi connectivity index (χ4v) is 8.89. The van der Waals surface area contributed by atoms with Gasteiger partial charge >= 0.3 is 164 Å². The van der Waals surface area contributed by atoms with E-state index in [9.17, 15) is 0 Å². The monoisotopic (exact) mass is 378 g/mol. The second-order valence-corrected chi connectivity index (χ2v) is 12.9. The predicted molar refractivity (Wildman–Crippen MR) is 120 cm³/mol. The third kappa shape index (κ3) is 14.3. The van der Waals surface area contributed by atoms with Crippen LogP contribution in [0.1, 0.15) is 96.8 Å². The molecule has 150 valence electrons. The quantitative estimate of drug-likeness (QED) is 0.133. The molecule has 0 aliphatic rings. The van der Waals surface area contributed by atoms with Gasteiger partial charge in [0.1, 0.15) is 0 Å². The van der Waals surface area contributed by atoms with E-state index in [-0.39, 0.29) is 0 Å². The fraction of sp³-hybridized carbons (Fsp3) is 0.826. The zero-order valence-corrected chi connectivity index (χ0v) is 18.4. The van der Waals surface area contributed by atoms with E-state index in [1.54, 1.807) is 0 Å². The van der Waals surface area contributed by atoms with Crippen LogP contribution in [0.5, 0.6) is 0 Å². The van der Waals surface area contributed by atoms with Crippen LogP contribution in [0, 0.1) is 22.7 Å². The molecule has 0 unspecified atom stereocenters. The minimum atomic E-state index is -1.38. The summed E-state index contributed by atoms with van der Waals surface area (Å²) >= 11 is 0. The van der Waals surface area contributed by atoms with Crippen LogP contribution in [0.3, 0.4) is 0 Å². The Morgan fingerprint density at radius 1 is 0.692 bits per heavy atom. The maximum absolute atomic E-state index is 8.87. The van der Waals surface area contributed by atoms with Gasteiger partial charge in [0.15, 0.2) is 0 Å². The molecule has 0 spiro atoms. The van der Waals surface area contributed by atoms with Crippen molar-refractivity contribution in [2.24, 2.45) is 0 Å². The van der Waals surface area contributed by atoms with E-state index >= 15 is 0 Å². The second kappa shape index (κ2) is 18.9. The van der Waals surface area contributed by atoms with Crippen LogP contribution in [0.2, 0.25) is 0 Å². The van der Waals surface area contributed by atoms with Gasteiger partial charge in [-0.1, -0.05) is 0 Å². The van der Waals surface area contributed by atoms with Crippen LogP contribution < -0.4 is 0 Å². The summed E-state index contributed by atoms with van der Waals surface area (Å²) in [5, 5.41) is 17.7. The molecular formula is C23H43N2P. The molecule has 0 rings (SSSR count). The molecule has 0 radical (unpaired) electrons. The maximum atomic E-state index is 8.87. The zero-order chi connectivity index (χ0) is 19.3. The van der Waals surface area contributed by atoms with E-state index < -0.39 is 7.26 Å². The van der Waals surface area contributed by atoms with E-state index in [0.29, 0.717) is 12.8 Å². The number of rotatable bonds is 19. The molecule has 0 bridgehead atoms. The molecule has 0 amide bonds. The Bertz CT molecular complexity index is 385. The average molecular weight is 379 g/mol. The average Bonchev–Trinajstić information content (AvgIpc) is 2.64. The van der Waals surface area contributed by atoms with Crippen molar-refractivity contribution in [3.05, 3.63) is 12.7 Å². The third-order valence-electron chi connectivity index (χ3n) is 5.63. The van der Waals surface area contributed by atoms with Gasteiger partial charge in [-0.05, 0) is 0 Å². The van der Waals surface area contributed by atoms with Crippen molar-refractivity contribution in [2.75, 3.05) is 24.6 Å². The molecule has 2 nitrogen and oxygen atoms in total. The van der Waals surface area contributed by atoms with Crippen LogP contribution in [0.25, 0.3) is 0 Å². The van der Waals surface area contributed by atoms with E-state index in [1.807, 2.05) is 0 Å². The summed E-state index contributed by atoms with van der Waals surface area (Å²) in [6, 6.07) is 4.60. The van der Waals surface area contributed by atoms with Gasteiger partial charge in [0.2, 0.25) is 0 Å². The minimum absolute atomic E-state index is 0.683. The molecule has 0 aromatic heterocycles. The van der Waals surface area contributed by atoms with Crippen molar-refractivity contribution >= 4 is 7.26 Å².